The molecule has 4 nitrogen and oxygen atoms in total. The first-order valence-corrected chi connectivity index (χ1v) is 10.0. The van der Waals surface area contributed by atoms with Gasteiger partial charge in [0.15, 0.2) is 11.5 Å². The van der Waals surface area contributed by atoms with Gasteiger partial charge in [0, 0.05) is 11.6 Å². The van der Waals surface area contributed by atoms with Crippen molar-refractivity contribution in [3.63, 3.8) is 0 Å². The van der Waals surface area contributed by atoms with Crippen molar-refractivity contribution in [3.8, 4) is 0 Å². The van der Waals surface area contributed by atoms with Gasteiger partial charge in [-0.15, -0.1) is 0 Å². The summed E-state index contributed by atoms with van der Waals surface area (Å²) in [7, 11) is 1.36. The summed E-state index contributed by atoms with van der Waals surface area (Å²) in [5, 5.41) is 9.82. The molecule has 1 aliphatic rings. The number of allylic oxidation sites excluding steroid dienone is 4. The van der Waals surface area contributed by atoms with Crippen molar-refractivity contribution < 1.29 is 19.4 Å². The van der Waals surface area contributed by atoms with E-state index < -0.39 is 11.5 Å². The van der Waals surface area contributed by atoms with E-state index in [1.54, 1.807) is 0 Å². The lowest BCUT2D eigenvalue weighted by molar-refractivity contribution is -0.119. The first kappa shape index (κ1) is 22.2. The Balaban J connectivity index is 2.09. The lowest BCUT2D eigenvalue weighted by atomic mass is 9.94. The summed E-state index contributed by atoms with van der Waals surface area (Å²) in [6.45, 7) is 2.22. The van der Waals surface area contributed by atoms with Crippen molar-refractivity contribution in [2.75, 3.05) is 7.11 Å². The van der Waals surface area contributed by atoms with Crippen molar-refractivity contribution in [1.29, 1.82) is 0 Å². The molecule has 0 bridgehead atoms. The van der Waals surface area contributed by atoms with Crippen LogP contribution in [0.3, 0.4) is 0 Å². The number of ether oxygens (including phenoxy) is 1. The molecule has 0 aromatic heterocycles. The fraction of sp³-hybridized carbons (Fsp3) is 0.636. The SMILES string of the molecule is CCCC/C=C\CCCCCCCCCC1=C(O)C(=O)C=C(OC)C1=O. The highest BCUT2D eigenvalue weighted by Gasteiger charge is 2.28. The average molecular weight is 363 g/mol. The second-order valence-corrected chi connectivity index (χ2v) is 6.86. The molecule has 1 N–H and O–H groups in total. The Morgan fingerprint density at radius 2 is 1.50 bits per heavy atom. The van der Waals surface area contributed by atoms with Crippen LogP contribution in [0.4, 0.5) is 0 Å². The molecule has 0 amide bonds. The van der Waals surface area contributed by atoms with Crippen LogP contribution in [0.25, 0.3) is 0 Å². The number of aliphatic hydroxyl groups is 1. The Morgan fingerprint density at radius 3 is 2.12 bits per heavy atom. The normalized spacial score (nSPS) is 15.1. The first-order valence-electron chi connectivity index (χ1n) is 10.0. The van der Waals surface area contributed by atoms with E-state index in [1.165, 1.54) is 58.5 Å². The van der Waals surface area contributed by atoms with Crippen LogP contribution in [0.2, 0.25) is 0 Å². The van der Waals surface area contributed by atoms with Crippen LogP contribution in [-0.4, -0.2) is 23.8 Å². The Kier molecular flexibility index (Phi) is 11.4. The third-order valence-electron chi connectivity index (χ3n) is 4.69. The molecule has 0 saturated heterocycles. The molecule has 0 atom stereocenters. The van der Waals surface area contributed by atoms with E-state index in [9.17, 15) is 14.7 Å². The maximum atomic E-state index is 12.1. The van der Waals surface area contributed by atoms with Gasteiger partial charge in [0.05, 0.1) is 7.11 Å². The number of hydrogen-bond donors (Lipinski definition) is 1. The Bertz CT molecular complexity index is 540. The number of aliphatic hydroxyl groups excluding tert-OH is 1. The van der Waals surface area contributed by atoms with Crippen LogP contribution in [-0.2, 0) is 14.3 Å². The van der Waals surface area contributed by atoms with Crippen molar-refractivity contribution in [1.82, 2.24) is 0 Å². The molecular formula is C22H34O4. The summed E-state index contributed by atoms with van der Waals surface area (Å²) in [5.74, 6) is -1.30. The molecule has 0 fully saturated rings. The Labute approximate surface area is 158 Å². The molecule has 0 radical (unpaired) electrons. The Morgan fingerprint density at radius 1 is 0.923 bits per heavy atom. The number of rotatable bonds is 14. The minimum absolute atomic E-state index is 0.0199. The van der Waals surface area contributed by atoms with E-state index >= 15 is 0 Å². The summed E-state index contributed by atoms with van der Waals surface area (Å²) >= 11 is 0. The highest BCUT2D eigenvalue weighted by Crippen LogP contribution is 2.23. The molecule has 0 aromatic rings. The molecule has 0 saturated carbocycles. The topological polar surface area (TPSA) is 63.6 Å². The molecule has 146 valence electrons. The standard InChI is InChI=1S/C22H34O4/c1-3-4-5-6-7-8-9-10-11-12-13-14-15-16-18-21(24)19(23)17-20(26-2)22(18)25/h6-7,17,24H,3-5,8-16H2,1-2H3/b7-6-. The van der Waals surface area contributed by atoms with E-state index in [2.05, 4.69) is 19.1 Å². The van der Waals surface area contributed by atoms with Crippen LogP contribution in [0.1, 0.15) is 84.0 Å². The van der Waals surface area contributed by atoms with Crippen LogP contribution < -0.4 is 0 Å². The van der Waals surface area contributed by atoms with Crippen LogP contribution in [0.15, 0.2) is 35.3 Å². The monoisotopic (exact) mass is 362 g/mol. The van der Waals surface area contributed by atoms with Gasteiger partial charge in [-0.2, -0.15) is 0 Å². The largest absolute Gasteiger partial charge is 0.504 e. The zero-order valence-electron chi connectivity index (χ0n) is 16.4. The van der Waals surface area contributed by atoms with E-state index in [0.29, 0.717) is 6.42 Å². The molecule has 4 heteroatoms. The summed E-state index contributed by atoms with van der Waals surface area (Å²) in [6, 6.07) is 0. The van der Waals surface area contributed by atoms with Crippen molar-refractivity contribution >= 4 is 11.6 Å². The molecule has 0 unspecified atom stereocenters. The van der Waals surface area contributed by atoms with Gasteiger partial charge >= 0.3 is 0 Å². The van der Waals surface area contributed by atoms with Gasteiger partial charge in [-0.3, -0.25) is 9.59 Å². The van der Waals surface area contributed by atoms with Gasteiger partial charge in [-0.25, -0.2) is 0 Å². The van der Waals surface area contributed by atoms with Crippen LogP contribution in [0, 0.1) is 0 Å². The number of Topliss-reactive ketones (excluding diaryl/α,β-unsaturated/α-hetero) is 1. The molecule has 0 aromatic carbocycles. The molecule has 1 aliphatic carbocycles. The van der Waals surface area contributed by atoms with Crippen molar-refractivity contribution in [2.45, 2.75) is 84.0 Å². The summed E-state index contributed by atoms with van der Waals surface area (Å²) < 4.78 is 4.91. The van der Waals surface area contributed by atoms with Gasteiger partial charge < -0.3 is 9.84 Å². The average Bonchev–Trinajstić information content (AvgIpc) is 2.64. The highest BCUT2D eigenvalue weighted by molar-refractivity contribution is 6.20. The van der Waals surface area contributed by atoms with E-state index in [1.807, 2.05) is 0 Å². The fourth-order valence-corrected chi connectivity index (χ4v) is 3.05. The molecule has 1 rings (SSSR count). The maximum Gasteiger partial charge on any atom is 0.227 e. The lowest BCUT2D eigenvalue weighted by Gasteiger charge is -2.14. The number of ketones is 2. The number of hydrogen-bond acceptors (Lipinski definition) is 4. The molecule has 0 aliphatic heterocycles. The maximum absolute atomic E-state index is 12.1. The summed E-state index contributed by atoms with van der Waals surface area (Å²) in [6.07, 6.45) is 18.9. The quantitative estimate of drug-likeness (QED) is 0.243. The summed E-state index contributed by atoms with van der Waals surface area (Å²) in [5.41, 5.74) is 0.198. The highest BCUT2D eigenvalue weighted by atomic mass is 16.5. The molecule has 0 spiro atoms. The van der Waals surface area contributed by atoms with Gasteiger partial charge in [-0.05, 0) is 32.1 Å². The van der Waals surface area contributed by atoms with E-state index in [4.69, 9.17) is 4.74 Å². The van der Waals surface area contributed by atoms with Crippen molar-refractivity contribution in [2.24, 2.45) is 0 Å². The Hall–Kier alpha value is -1.84. The first-order chi connectivity index (χ1) is 12.6. The van der Waals surface area contributed by atoms with Crippen molar-refractivity contribution in [3.05, 3.63) is 35.3 Å². The molecule has 26 heavy (non-hydrogen) atoms. The van der Waals surface area contributed by atoms with E-state index in [-0.39, 0.29) is 17.1 Å². The van der Waals surface area contributed by atoms with Gasteiger partial charge in [0.25, 0.3) is 0 Å². The van der Waals surface area contributed by atoms with Gasteiger partial charge in [-0.1, -0.05) is 64.0 Å². The minimum Gasteiger partial charge on any atom is -0.504 e. The number of unbranched alkanes of at least 4 members (excludes halogenated alkanes) is 9. The second kappa shape index (κ2) is 13.4. The number of carbonyl (C=O) groups is 2. The zero-order chi connectivity index (χ0) is 19.2. The minimum atomic E-state index is -0.541. The molecular weight excluding hydrogens is 328 g/mol. The second-order valence-electron chi connectivity index (χ2n) is 6.86. The van der Waals surface area contributed by atoms with E-state index in [0.717, 1.165) is 25.3 Å². The predicted octanol–water partition coefficient (Wildman–Crippen LogP) is 5.74. The number of carbonyl (C=O) groups excluding carboxylic acids is 2. The predicted molar refractivity (Wildman–Crippen MR) is 105 cm³/mol. The molecule has 0 heterocycles. The van der Waals surface area contributed by atoms with Gasteiger partial charge in [0.2, 0.25) is 11.6 Å². The van der Waals surface area contributed by atoms with Crippen LogP contribution >= 0.6 is 0 Å². The smallest absolute Gasteiger partial charge is 0.227 e. The van der Waals surface area contributed by atoms with Gasteiger partial charge in [0.1, 0.15) is 0 Å². The lowest BCUT2D eigenvalue weighted by Crippen LogP contribution is -2.20. The fourth-order valence-electron chi connectivity index (χ4n) is 3.05. The van der Waals surface area contributed by atoms with Crippen LogP contribution in [0.5, 0.6) is 0 Å². The third-order valence-corrected chi connectivity index (χ3v) is 4.69. The third kappa shape index (κ3) is 8.03. The zero-order valence-corrected chi connectivity index (χ0v) is 16.4. The summed E-state index contributed by atoms with van der Waals surface area (Å²) in [4.78, 5) is 23.7. The number of methoxy groups -OCH3 is 1.